The van der Waals surface area contributed by atoms with Gasteiger partial charge in [-0.2, -0.15) is 0 Å². The molecular weight excluding hydrogens is 290 g/mol. The van der Waals surface area contributed by atoms with Crippen LogP contribution in [-0.4, -0.2) is 56.3 Å². The van der Waals surface area contributed by atoms with E-state index in [1.807, 2.05) is 24.8 Å². The molecule has 3 rings (SSSR count). The van der Waals surface area contributed by atoms with E-state index in [1.165, 1.54) is 5.56 Å². The fourth-order valence-corrected chi connectivity index (χ4v) is 3.14. The molecule has 1 fully saturated rings. The molecule has 0 spiro atoms. The maximum atomic E-state index is 10.7. The Morgan fingerprint density at radius 2 is 2.30 bits per heavy atom. The molecule has 1 unspecified atom stereocenters. The molecule has 6 nitrogen and oxygen atoms in total. The Kier molecular flexibility index (Phi) is 5.38. The minimum absolute atomic E-state index is 0.614. The first-order chi connectivity index (χ1) is 11.2. The first-order valence-corrected chi connectivity index (χ1v) is 8.24. The highest BCUT2D eigenvalue weighted by molar-refractivity contribution is 5.08. The fourth-order valence-electron chi connectivity index (χ4n) is 3.14. The predicted octanol–water partition coefficient (Wildman–Crippen LogP) is 0.895. The quantitative estimate of drug-likeness (QED) is 0.757. The van der Waals surface area contributed by atoms with Crippen molar-refractivity contribution in [3.05, 3.63) is 48.8 Å². The van der Waals surface area contributed by atoms with E-state index in [4.69, 9.17) is 0 Å². The number of nitrogens with zero attached hydrogens (tertiary/aromatic N) is 4. The lowest BCUT2D eigenvalue weighted by Gasteiger charge is -2.31. The number of pyridine rings is 1. The Balaban J connectivity index is 1.58. The van der Waals surface area contributed by atoms with Crippen molar-refractivity contribution in [1.29, 1.82) is 0 Å². The third kappa shape index (κ3) is 4.86. The molecule has 0 radical (unpaired) electrons. The zero-order valence-electron chi connectivity index (χ0n) is 13.4. The van der Waals surface area contributed by atoms with Crippen molar-refractivity contribution in [3.63, 3.8) is 0 Å². The second-order valence-electron chi connectivity index (χ2n) is 6.38. The molecule has 1 aliphatic heterocycles. The number of β-amino-alcohol motifs (C(OH)–C–C–N with tert-alkyl or cyclic N) is 1. The van der Waals surface area contributed by atoms with Gasteiger partial charge in [0.1, 0.15) is 0 Å². The second-order valence-corrected chi connectivity index (χ2v) is 6.38. The monoisotopic (exact) mass is 315 g/mol. The largest absolute Gasteiger partial charge is 0.387 e. The molecule has 0 saturated carbocycles. The number of hydrogen-bond acceptors (Lipinski definition) is 5. The van der Waals surface area contributed by atoms with Crippen LogP contribution in [0.1, 0.15) is 18.4 Å². The Labute approximate surface area is 137 Å². The van der Waals surface area contributed by atoms with Gasteiger partial charge >= 0.3 is 0 Å². The maximum Gasteiger partial charge on any atom is 0.0945 e. The molecule has 124 valence electrons. The molecular formula is C17H25N5O. The van der Waals surface area contributed by atoms with Crippen LogP contribution in [0.25, 0.3) is 0 Å². The summed E-state index contributed by atoms with van der Waals surface area (Å²) in [6.07, 6.45) is 11.2. The average molecular weight is 315 g/mol. The number of aryl methyl sites for hydroxylation is 1. The van der Waals surface area contributed by atoms with Gasteiger partial charge < -0.3 is 15.0 Å². The molecule has 0 aromatic carbocycles. The second kappa shape index (κ2) is 7.68. The molecule has 0 bridgehead atoms. The highest BCUT2D eigenvalue weighted by Crippen LogP contribution is 2.18. The normalized spacial score (nSPS) is 21.1. The van der Waals surface area contributed by atoms with Gasteiger partial charge in [0, 0.05) is 57.5 Å². The Morgan fingerprint density at radius 1 is 1.35 bits per heavy atom. The number of aliphatic hydroxyl groups is 1. The minimum atomic E-state index is -0.614. The third-order valence-corrected chi connectivity index (χ3v) is 4.32. The summed E-state index contributed by atoms with van der Waals surface area (Å²) >= 11 is 0. The van der Waals surface area contributed by atoms with Crippen molar-refractivity contribution in [3.8, 4) is 0 Å². The summed E-state index contributed by atoms with van der Waals surface area (Å²) in [5.41, 5.74) is 0.571. The van der Waals surface area contributed by atoms with Crippen molar-refractivity contribution in [1.82, 2.24) is 24.8 Å². The van der Waals surface area contributed by atoms with E-state index in [0.717, 1.165) is 39.0 Å². The summed E-state index contributed by atoms with van der Waals surface area (Å²) in [6.45, 7) is 4.97. The molecule has 0 aliphatic carbocycles. The SMILES string of the molecule is OC1(CN(CCCn2ccnc2)Cc2cccnc2)CCNC1. The number of hydrogen-bond donors (Lipinski definition) is 2. The van der Waals surface area contributed by atoms with Crippen molar-refractivity contribution < 1.29 is 5.11 Å². The third-order valence-electron chi connectivity index (χ3n) is 4.32. The van der Waals surface area contributed by atoms with Gasteiger partial charge in [-0.25, -0.2) is 4.98 Å². The molecule has 1 atom stereocenters. The molecule has 2 aromatic rings. The molecule has 0 amide bonds. The zero-order chi connectivity index (χ0) is 16.0. The number of aromatic nitrogens is 3. The molecule has 3 heterocycles. The molecule has 2 N–H and O–H groups in total. The van der Waals surface area contributed by atoms with Crippen LogP contribution in [0.15, 0.2) is 43.2 Å². The lowest BCUT2D eigenvalue weighted by Crippen LogP contribution is -2.44. The number of nitrogens with one attached hydrogen (secondary N) is 1. The van der Waals surface area contributed by atoms with Crippen LogP contribution in [0.2, 0.25) is 0 Å². The van der Waals surface area contributed by atoms with E-state index >= 15 is 0 Å². The van der Waals surface area contributed by atoms with Gasteiger partial charge in [0.2, 0.25) is 0 Å². The number of rotatable bonds is 8. The summed E-state index contributed by atoms with van der Waals surface area (Å²) in [5, 5.41) is 13.9. The van der Waals surface area contributed by atoms with Gasteiger partial charge in [-0.3, -0.25) is 9.88 Å². The lowest BCUT2D eigenvalue weighted by atomic mass is 10.0. The fraction of sp³-hybridized carbons (Fsp3) is 0.529. The van der Waals surface area contributed by atoms with E-state index < -0.39 is 5.60 Å². The van der Waals surface area contributed by atoms with Crippen molar-refractivity contribution in [2.45, 2.75) is 31.5 Å². The van der Waals surface area contributed by atoms with Gasteiger partial charge in [-0.15, -0.1) is 0 Å². The minimum Gasteiger partial charge on any atom is -0.387 e. The van der Waals surface area contributed by atoms with E-state index in [9.17, 15) is 5.11 Å². The van der Waals surface area contributed by atoms with Crippen molar-refractivity contribution in [2.75, 3.05) is 26.2 Å². The molecule has 6 heteroatoms. The summed E-state index contributed by atoms with van der Waals surface area (Å²) in [5.74, 6) is 0. The van der Waals surface area contributed by atoms with Crippen LogP contribution in [0.5, 0.6) is 0 Å². The van der Waals surface area contributed by atoms with Gasteiger partial charge in [0.25, 0.3) is 0 Å². The zero-order valence-corrected chi connectivity index (χ0v) is 13.4. The average Bonchev–Trinajstić information content (AvgIpc) is 3.20. The Hall–Kier alpha value is -1.76. The van der Waals surface area contributed by atoms with Crippen LogP contribution in [0.3, 0.4) is 0 Å². The van der Waals surface area contributed by atoms with Crippen LogP contribution in [0, 0.1) is 0 Å². The smallest absolute Gasteiger partial charge is 0.0945 e. The van der Waals surface area contributed by atoms with Gasteiger partial charge in [-0.05, 0) is 31.0 Å². The first kappa shape index (κ1) is 16.1. The van der Waals surface area contributed by atoms with E-state index in [0.29, 0.717) is 13.1 Å². The van der Waals surface area contributed by atoms with Crippen LogP contribution in [-0.2, 0) is 13.1 Å². The summed E-state index contributed by atoms with van der Waals surface area (Å²) < 4.78 is 2.09. The van der Waals surface area contributed by atoms with Gasteiger partial charge in [-0.1, -0.05) is 6.07 Å². The van der Waals surface area contributed by atoms with E-state index in [1.54, 1.807) is 12.4 Å². The molecule has 23 heavy (non-hydrogen) atoms. The maximum absolute atomic E-state index is 10.7. The standard InChI is InChI=1S/C17H25N5O/c23-17(4-6-19-13-17)14-22(12-16-3-1-5-18-11-16)9-2-8-21-10-7-20-15-21/h1,3,5,7,10-11,15,19,23H,2,4,6,8-9,12-14H2. The van der Waals surface area contributed by atoms with E-state index in [-0.39, 0.29) is 0 Å². The predicted molar refractivity (Wildman–Crippen MR) is 88.8 cm³/mol. The summed E-state index contributed by atoms with van der Waals surface area (Å²) in [6, 6.07) is 4.05. The van der Waals surface area contributed by atoms with Crippen molar-refractivity contribution >= 4 is 0 Å². The Bertz CT molecular complexity index is 566. The highest BCUT2D eigenvalue weighted by Gasteiger charge is 2.32. The van der Waals surface area contributed by atoms with Gasteiger partial charge in [0.05, 0.1) is 11.9 Å². The van der Waals surface area contributed by atoms with Crippen LogP contribution < -0.4 is 5.32 Å². The van der Waals surface area contributed by atoms with Crippen molar-refractivity contribution in [2.24, 2.45) is 0 Å². The molecule has 1 aliphatic rings. The summed E-state index contributed by atoms with van der Waals surface area (Å²) in [7, 11) is 0. The highest BCUT2D eigenvalue weighted by atomic mass is 16.3. The summed E-state index contributed by atoms with van der Waals surface area (Å²) in [4.78, 5) is 10.6. The van der Waals surface area contributed by atoms with Gasteiger partial charge in [0.15, 0.2) is 0 Å². The molecule has 1 saturated heterocycles. The lowest BCUT2D eigenvalue weighted by molar-refractivity contribution is 0.0176. The van der Waals surface area contributed by atoms with Crippen LogP contribution in [0.4, 0.5) is 0 Å². The topological polar surface area (TPSA) is 66.2 Å². The first-order valence-electron chi connectivity index (χ1n) is 8.24. The molecule has 2 aromatic heterocycles. The van der Waals surface area contributed by atoms with E-state index in [2.05, 4.69) is 30.8 Å². The Morgan fingerprint density at radius 3 is 3.00 bits per heavy atom. The number of imidazole rings is 1. The van der Waals surface area contributed by atoms with Crippen LogP contribution >= 0.6 is 0 Å².